The van der Waals surface area contributed by atoms with Crippen molar-refractivity contribution in [3.63, 3.8) is 0 Å². The van der Waals surface area contributed by atoms with Crippen LogP contribution in [0.3, 0.4) is 0 Å². The van der Waals surface area contributed by atoms with Gasteiger partial charge in [0.15, 0.2) is 0 Å². The minimum atomic E-state index is -0.786. The first kappa shape index (κ1) is 28.6. The Morgan fingerprint density at radius 1 is 0.900 bits per heavy atom. The molecule has 3 aromatic rings. The van der Waals surface area contributed by atoms with Crippen molar-refractivity contribution in [2.45, 2.75) is 38.1 Å². The molecule has 0 aliphatic heterocycles. The molecule has 0 saturated carbocycles. The van der Waals surface area contributed by atoms with Crippen LogP contribution in [0.2, 0.25) is 0 Å². The number of hydrogen-bond acceptors (Lipinski definition) is 6. The molecule has 3 aromatic carbocycles. The molecule has 4 rings (SSSR count). The maximum absolute atomic E-state index is 13.1. The smallest absolute Gasteiger partial charge is 0.407 e. The third-order valence-corrected chi connectivity index (χ3v) is 6.78. The fourth-order valence-electron chi connectivity index (χ4n) is 4.81. The average Bonchev–Trinajstić information content (AvgIpc) is 3.29. The van der Waals surface area contributed by atoms with E-state index in [1.807, 2.05) is 24.3 Å². The minimum Gasteiger partial charge on any atom is -0.463 e. The van der Waals surface area contributed by atoms with E-state index in [0.717, 1.165) is 34.2 Å². The maximum Gasteiger partial charge on any atom is 0.407 e. The maximum atomic E-state index is 13.1. The van der Waals surface area contributed by atoms with Crippen LogP contribution < -0.4 is 16.4 Å². The number of amides is 2. The lowest BCUT2D eigenvalue weighted by Crippen LogP contribution is -2.44. The molecule has 0 spiro atoms. The van der Waals surface area contributed by atoms with Gasteiger partial charge in [0.1, 0.15) is 12.6 Å². The van der Waals surface area contributed by atoms with Gasteiger partial charge in [0.2, 0.25) is 5.91 Å². The predicted molar refractivity (Wildman–Crippen MR) is 156 cm³/mol. The topological polar surface area (TPSA) is 120 Å². The molecule has 8 nitrogen and oxygen atoms in total. The van der Waals surface area contributed by atoms with Gasteiger partial charge in [-0.15, -0.1) is 0 Å². The highest BCUT2D eigenvalue weighted by Gasteiger charge is 2.29. The van der Waals surface area contributed by atoms with Crippen molar-refractivity contribution in [3.05, 3.63) is 95.6 Å². The predicted octanol–water partition coefficient (Wildman–Crippen LogP) is 5.24. The summed E-state index contributed by atoms with van der Waals surface area (Å²) in [6, 6.07) is 22.5. The molecule has 2 amide bonds. The highest BCUT2D eigenvalue weighted by atomic mass is 16.5. The van der Waals surface area contributed by atoms with Crippen LogP contribution in [-0.2, 0) is 19.1 Å². The van der Waals surface area contributed by atoms with Crippen LogP contribution in [-0.4, -0.2) is 43.8 Å². The molecule has 1 atom stereocenters. The molecule has 0 saturated heterocycles. The summed E-state index contributed by atoms with van der Waals surface area (Å²) in [5.41, 5.74) is 11.5. The molecular weight excluding hydrogens is 506 g/mol. The normalized spacial score (nSPS) is 12.8. The summed E-state index contributed by atoms with van der Waals surface area (Å²) < 4.78 is 10.5. The average molecular weight is 542 g/mol. The fourth-order valence-corrected chi connectivity index (χ4v) is 4.81. The number of esters is 1. The molecule has 0 aromatic heterocycles. The monoisotopic (exact) mass is 541 g/mol. The number of carbonyl (C=O) groups excluding carboxylic acids is 3. The standard InChI is InChI=1S/C32H35N3O5/c1-2-39-30(36)19-16-22-14-17-23(18-15-22)34-31(37)29(13-7-8-20-33)35-32(38)40-21-28-26-11-5-3-9-24(26)25-10-4-6-12-27(25)28/h3-6,9-12,14-19,28-29H,2,7-8,13,20-21,33H2,1H3,(H,34,37)(H,35,38)/t29-/m0/s1. The van der Waals surface area contributed by atoms with Gasteiger partial charge < -0.3 is 25.8 Å². The van der Waals surface area contributed by atoms with Crippen molar-refractivity contribution in [1.82, 2.24) is 5.32 Å². The number of anilines is 1. The molecular formula is C32H35N3O5. The zero-order valence-corrected chi connectivity index (χ0v) is 22.6. The van der Waals surface area contributed by atoms with Gasteiger partial charge in [-0.3, -0.25) is 4.79 Å². The molecule has 8 heteroatoms. The molecule has 208 valence electrons. The van der Waals surface area contributed by atoms with Gasteiger partial charge in [0, 0.05) is 17.7 Å². The summed E-state index contributed by atoms with van der Waals surface area (Å²) in [6.45, 7) is 2.72. The Hall–Kier alpha value is -4.43. The summed E-state index contributed by atoms with van der Waals surface area (Å²) in [6.07, 6.45) is 4.18. The minimum absolute atomic E-state index is 0.0703. The molecule has 0 unspecified atom stereocenters. The summed E-state index contributed by atoms with van der Waals surface area (Å²) in [7, 11) is 0. The van der Waals surface area contributed by atoms with E-state index in [2.05, 4.69) is 34.9 Å². The van der Waals surface area contributed by atoms with E-state index in [-0.39, 0.29) is 18.4 Å². The highest BCUT2D eigenvalue weighted by molar-refractivity contribution is 5.96. The summed E-state index contributed by atoms with van der Waals surface area (Å²) in [5, 5.41) is 5.60. The van der Waals surface area contributed by atoms with E-state index >= 15 is 0 Å². The molecule has 0 radical (unpaired) electrons. The summed E-state index contributed by atoms with van der Waals surface area (Å²) in [4.78, 5) is 37.5. The number of nitrogens with one attached hydrogen (secondary N) is 2. The Morgan fingerprint density at radius 2 is 1.55 bits per heavy atom. The molecule has 0 fully saturated rings. The molecule has 40 heavy (non-hydrogen) atoms. The number of fused-ring (bicyclic) bond motifs is 3. The van der Waals surface area contributed by atoms with E-state index in [9.17, 15) is 14.4 Å². The Labute approximate surface area is 234 Å². The second kappa shape index (κ2) is 14.1. The Kier molecular flexibility index (Phi) is 10.1. The lowest BCUT2D eigenvalue weighted by Gasteiger charge is -2.20. The highest BCUT2D eigenvalue weighted by Crippen LogP contribution is 2.44. The zero-order valence-electron chi connectivity index (χ0n) is 22.6. The van der Waals surface area contributed by atoms with Gasteiger partial charge in [-0.25, -0.2) is 9.59 Å². The quantitative estimate of drug-likeness (QED) is 0.164. The molecule has 0 heterocycles. The van der Waals surface area contributed by atoms with Crippen LogP contribution in [0.1, 0.15) is 48.8 Å². The number of carbonyl (C=O) groups is 3. The van der Waals surface area contributed by atoms with Gasteiger partial charge in [0.25, 0.3) is 0 Å². The van der Waals surface area contributed by atoms with Crippen molar-refractivity contribution in [2.24, 2.45) is 5.73 Å². The molecule has 1 aliphatic rings. The number of alkyl carbamates (subject to hydrolysis) is 1. The van der Waals surface area contributed by atoms with E-state index in [1.165, 1.54) is 6.08 Å². The fraction of sp³-hybridized carbons (Fsp3) is 0.281. The van der Waals surface area contributed by atoms with Gasteiger partial charge in [-0.05, 0) is 78.8 Å². The van der Waals surface area contributed by atoms with Crippen molar-refractivity contribution >= 4 is 29.7 Å². The third kappa shape index (κ3) is 7.36. The van der Waals surface area contributed by atoms with Gasteiger partial charge in [-0.2, -0.15) is 0 Å². The lowest BCUT2D eigenvalue weighted by molar-refractivity contribution is -0.137. The summed E-state index contributed by atoms with van der Waals surface area (Å²) >= 11 is 0. The molecule has 1 aliphatic carbocycles. The van der Waals surface area contributed by atoms with Crippen LogP contribution in [0, 0.1) is 0 Å². The number of benzene rings is 3. The van der Waals surface area contributed by atoms with Crippen LogP contribution in [0.5, 0.6) is 0 Å². The number of ether oxygens (including phenoxy) is 2. The third-order valence-electron chi connectivity index (χ3n) is 6.78. The van der Waals surface area contributed by atoms with Crippen molar-refractivity contribution in [3.8, 4) is 11.1 Å². The van der Waals surface area contributed by atoms with Gasteiger partial charge >= 0.3 is 12.1 Å². The van der Waals surface area contributed by atoms with Crippen molar-refractivity contribution in [1.29, 1.82) is 0 Å². The SMILES string of the molecule is CCOC(=O)C=Cc1ccc(NC(=O)[C@H](CCCCN)NC(=O)OCC2c3ccccc3-c3ccccc32)cc1. The van der Waals surface area contributed by atoms with Gasteiger partial charge in [-0.1, -0.05) is 60.7 Å². The number of unbranched alkanes of at least 4 members (excludes halogenated alkanes) is 1. The van der Waals surface area contributed by atoms with Crippen LogP contribution in [0.15, 0.2) is 78.9 Å². The number of nitrogens with two attached hydrogens (primary N) is 1. The van der Waals surface area contributed by atoms with E-state index < -0.39 is 18.1 Å². The molecule has 4 N–H and O–H groups in total. The first-order chi connectivity index (χ1) is 19.5. The van der Waals surface area contributed by atoms with E-state index in [4.69, 9.17) is 15.2 Å². The number of hydrogen-bond donors (Lipinski definition) is 3. The largest absolute Gasteiger partial charge is 0.463 e. The Balaban J connectivity index is 1.37. The van der Waals surface area contributed by atoms with Crippen molar-refractivity contribution in [2.75, 3.05) is 25.1 Å². The van der Waals surface area contributed by atoms with Crippen LogP contribution in [0.4, 0.5) is 10.5 Å². The van der Waals surface area contributed by atoms with E-state index in [1.54, 1.807) is 37.3 Å². The van der Waals surface area contributed by atoms with Crippen LogP contribution in [0.25, 0.3) is 17.2 Å². The second-order valence-corrected chi connectivity index (χ2v) is 9.50. The van der Waals surface area contributed by atoms with Gasteiger partial charge in [0.05, 0.1) is 6.61 Å². The number of rotatable bonds is 12. The first-order valence-corrected chi connectivity index (χ1v) is 13.6. The van der Waals surface area contributed by atoms with E-state index in [0.29, 0.717) is 31.7 Å². The lowest BCUT2D eigenvalue weighted by atomic mass is 9.98. The Bertz CT molecular complexity index is 1310. The Morgan fingerprint density at radius 3 is 2.17 bits per heavy atom. The zero-order chi connectivity index (χ0) is 28.3. The van der Waals surface area contributed by atoms with Crippen molar-refractivity contribution < 1.29 is 23.9 Å². The first-order valence-electron chi connectivity index (χ1n) is 13.6. The molecule has 0 bridgehead atoms. The summed E-state index contributed by atoms with van der Waals surface area (Å²) in [5.74, 6) is -0.834. The van der Waals surface area contributed by atoms with Crippen LogP contribution >= 0.6 is 0 Å². The second-order valence-electron chi connectivity index (χ2n) is 9.50.